The summed E-state index contributed by atoms with van der Waals surface area (Å²) in [6.45, 7) is 3.47. The summed E-state index contributed by atoms with van der Waals surface area (Å²) < 4.78 is 0. The highest BCUT2D eigenvalue weighted by atomic mass is 16.2. The summed E-state index contributed by atoms with van der Waals surface area (Å²) in [5.74, 6) is 1.30. The van der Waals surface area contributed by atoms with Gasteiger partial charge in [-0.15, -0.1) is 0 Å². The molecule has 0 aromatic carbocycles. The highest BCUT2D eigenvalue weighted by Gasteiger charge is 2.60. The fourth-order valence-electron chi connectivity index (χ4n) is 4.85. The topological polar surface area (TPSA) is 72.2 Å². The standard InChI is InChI=1S/C14H20N2O2/c1-2-12(17)16-14(13(15)18)10-4-8-3-9(6-10)7-11(14)5-8/h2,8-11H,1,3-7H2,(H2,15,18)(H,16,17). The van der Waals surface area contributed by atoms with Crippen LogP contribution >= 0.6 is 0 Å². The second kappa shape index (κ2) is 3.84. The summed E-state index contributed by atoms with van der Waals surface area (Å²) in [6, 6.07) is 0. The first kappa shape index (κ1) is 11.8. The van der Waals surface area contributed by atoms with Gasteiger partial charge in [0.25, 0.3) is 0 Å². The van der Waals surface area contributed by atoms with Gasteiger partial charge in [-0.25, -0.2) is 0 Å². The minimum atomic E-state index is -0.807. The summed E-state index contributed by atoms with van der Waals surface area (Å²) in [5, 5.41) is 2.89. The van der Waals surface area contributed by atoms with E-state index in [1.165, 1.54) is 12.5 Å². The molecule has 3 N–H and O–H groups in total. The second-order valence-corrected chi connectivity index (χ2v) is 6.23. The van der Waals surface area contributed by atoms with Crippen molar-refractivity contribution in [2.45, 2.75) is 37.6 Å². The largest absolute Gasteiger partial charge is 0.368 e. The summed E-state index contributed by atoms with van der Waals surface area (Å²) in [5.41, 5.74) is 4.86. The van der Waals surface area contributed by atoms with E-state index in [4.69, 9.17) is 5.73 Å². The number of hydrogen-bond acceptors (Lipinski definition) is 2. The summed E-state index contributed by atoms with van der Waals surface area (Å²) in [6.07, 6.45) is 6.68. The van der Waals surface area contributed by atoms with Crippen LogP contribution in [0.25, 0.3) is 0 Å². The van der Waals surface area contributed by atoms with E-state index < -0.39 is 5.54 Å². The van der Waals surface area contributed by atoms with Crippen LogP contribution < -0.4 is 11.1 Å². The smallest absolute Gasteiger partial charge is 0.244 e. The van der Waals surface area contributed by atoms with Crippen molar-refractivity contribution in [3.05, 3.63) is 12.7 Å². The highest BCUT2D eigenvalue weighted by Crippen LogP contribution is 2.58. The lowest BCUT2D eigenvalue weighted by molar-refractivity contribution is -0.148. The number of rotatable bonds is 3. The van der Waals surface area contributed by atoms with Gasteiger partial charge in [0.05, 0.1) is 0 Å². The van der Waals surface area contributed by atoms with Crippen molar-refractivity contribution < 1.29 is 9.59 Å². The molecule has 4 saturated carbocycles. The number of carbonyl (C=O) groups is 2. The SMILES string of the molecule is C=CC(=O)NC1(C(N)=O)C2CC3CC(C2)CC1C3. The van der Waals surface area contributed by atoms with Gasteiger partial charge in [0.15, 0.2) is 0 Å². The van der Waals surface area contributed by atoms with Gasteiger partial charge in [-0.1, -0.05) is 6.58 Å². The Morgan fingerprint density at radius 3 is 2.00 bits per heavy atom. The van der Waals surface area contributed by atoms with Crippen molar-refractivity contribution in [2.75, 3.05) is 0 Å². The molecule has 18 heavy (non-hydrogen) atoms. The Morgan fingerprint density at radius 2 is 1.61 bits per heavy atom. The van der Waals surface area contributed by atoms with Crippen LogP contribution in [0.4, 0.5) is 0 Å². The molecular formula is C14H20N2O2. The van der Waals surface area contributed by atoms with Gasteiger partial charge < -0.3 is 11.1 Å². The van der Waals surface area contributed by atoms with Crippen molar-refractivity contribution in [2.24, 2.45) is 29.4 Å². The Hall–Kier alpha value is -1.32. The molecule has 0 aromatic rings. The van der Waals surface area contributed by atoms with Crippen LogP contribution in [0.3, 0.4) is 0 Å². The molecule has 0 aliphatic heterocycles. The quantitative estimate of drug-likeness (QED) is 0.730. The van der Waals surface area contributed by atoms with Crippen LogP contribution in [-0.2, 0) is 9.59 Å². The number of carbonyl (C=O) groups excluding carboxylic acids is 2. The van der Waals surface area contributed by atoms with E-state index in [-0.39, 0.29) is 23.7 Å². The maximum Gasteiger partial charge on any atom is 0.244 e. The Balaban J connectivity index is 1.96. The van der Waals surface area contributed by atoms with Crippen molar-refractivity contribution in [3.8, 4) is 0 Å². The molecule has 0 saturated heterocycles. The van der Waals surface area contributed by atoms with E-state index in [2.05, 4.69) is 11.9 Å². The second-order valence-electron chi connectivity index (χ2n) is 6.23. The molecule has 0 spiro atoms. The molecule has 2 amide bonds. The monoisotopic (exact) mass is 248 g/mol. The maximum absolute atomic E-state index is 12.0. The van der Waals surface area contributed by atoms with Crippen LogP contribution in [0.2, 0.25) is 0 Å². The van der Waals surface area contributed by atoms with E-state index in [0.717, 1.165) is 37.5 Å². The molecule has 0 radical (unpaired) electrons. The van der Waals surface area contributed by atoms with Crippen LogP contribution in [0.1, 0.15) is 32.1 Å². The Morgan fingerprint density at radius 1 is 1.11 bits per heavy atom. The van der Waals surface area contributed by atoms with Gasteiger partial charge in [-0.2, -0.15) is 0 Å². The molecule has 4 fully saturated rings. The third-order valence-corrected chi connectivity index (χ3v) is 5.35. The molecule has 98 valence electrons. The van der Waals surface area contributed by atoms with Gasteiger partial charge in [0.1, 0.15) is 5.54 Å². The highest BCUT2D eigenvalue weighted by molar-refractivity contribution is 5.95. The van der Waals surface area contributed by atoms with Crippen LogP contribution in [-0.4, -0.2) is 17.4 Å². The van der Waals surface area contributed by atoms with Crippen molar-refractivity contribution in [1.29, 1.82) is 0 Å². The molecule has 0 aromatic heterocycles. The van der Waals surface area contributed by atoms with Gasteiger partial charge in [-0.3, -0.25) is 9.59 Å². The zero-order valence-corrected chi connectivity index (χ0v) is 10.5. The predicted molar refractivity (Wildman–Crippen MR) is 67.3 cm³/mol. The molecule has 4 bridgehead atoms. The lowest BCUT2D eigenvalue weighted by Gasteiger charge is -2.59. The molecule has 0 atom stereocenters. The number of amides is 2. The molecule has 0 heterocycles. The minimum absolute atomic E-state index is 0.232. The van der Waals surface area contributed by atoms with Gasteiger partial charge in [0.2, 0.25) is 11.8 Å². The lowest BCUT2D eigenvalue weighted by atomic mass is 9.48. The molecule has 4 nitrogen and oxygen atoms in total. The van der Waals surface area contributed by atoms with Crippen LogP contribution in [0, 0.1) is 23.7 Å². The van der Waals surface area contributed by atoms with E-state index in [1.807, 2.05) is 0 Å². The molecular weight excluding hydrogens is 228 g/mol. The van der Waals surface area contributed by atoms with Gasteiger partial charge >= 0.3 is 0 Å². The molecule has 0 unspecified atom stereocenters. The van der Waals surface area contributed by atoms with Crippen LogP contribution in [0.15, 0.2) is 12.7 Å². The van der Waals surface area contributed by atoms with E-state index >= 15 is 0 Å². The average Bonchev–Trinajstić information content (AvgIpc) is 2.32. The third kappa shape index (κ3) is 1.44. The average molecular weight is 248 g/mol. The van der Waals surface area contributed by atoms with Crippen molar-refractivity contribution >= 4 is 11.8 Å². The summed E-state index contributed by atoms with van der Waals surface area (Å²) >= 11 is 0. The Labute approximate surface area is 107 Å². The zero-order valence-electron chi connectivity index (χ0n) is 10.5. The summed E-state index contributed by atoms with van der Waals surface area (Å²) in [7, 11) is 0. The zero-order chi connectivity index (χ0) is 12.9. The number of nitrogens with two attached hydrogens (primary N) is 1. The Bertz CT molecular complexity index is 388. The van der Waals surface area contributed by atoms with E-state index in [1.54, 1.807) is 0 Å². The predicted octanol–water partition coefficient (Wildman–Crippen LogP) is 0.969. The number of hydrogen-bond donors (Lipinski definition) is 2. The number of primary amides is 1. The first-order valence-corrected chi connectivity index (χ1v) is 6.80. The van der Waals surface area contributed by atoms with E-state index in [9.17, 15) is 9.59 Å². The van der Waals surface area contributed by atoms with Crippen LogP contribution in [0.5, 0.6) is 0 Å². The van der Waals surface area contributed by atoms with Gasteiger partial charge in [-0.05, 0) is 61.9 Å². The molecule has 4 rings (SSSR count). The fourth-order valence-corrected chi connectivity index (χ4v) is 4.85. The van der Waals surface area contributed by atoms with Crippen molar-refractivity contribution in [3.63, 3.8) is 0 Å². The molecule has 4 heteroatoms. The third-order valence-electron chi connectivity index (χ3n) is 5.35. The Kier molecular flexibility index (Phi) is 2.50. The summed E-state index contributed by atoms with van der Waals surface area (Å²) in [4.78, 5) is 23.7. The first-order chi connectivity index (χ1) is 8.56. The number of nitrogens with one attached hydrogen (secondary N) is 1. The van der Waals surface area contributed by atoms with Crippen molar-refractivity contribution in [1.82, 2.24) is 5.32 Å². The lowest BCUT2D eigenvalue weighted by Crippen LogP contribution is -2.71. The fraction of sp³-hybridized carbons (Fsp3) is 0.714. The minimum Gasteiger partial charge on any atom is -0.368 e. The normalized spacial score (nSPS) is 44.7. The van der Waals surface area contributed by atoms with Gasteiger partial charge in [0, 0.05) is 0 Å². The first-order valence-electron chi connectivity index (χ1n) is 6.80. The maximum atomic E-state index is 12.0. The van der Waals surface area contributed by atoms with E-state index in [0.29, 0.717) is 0 Å². The molecule has 4 aliphatic carbocycles. The molecule has 4 aliphatic rings.